The molecule has 7 nitrogen and oxygen atoms in total. The molecule has 1 aliphatic heterocycles. The van der Waals surface area contributed by atoms with Crippen molar-refractivity contribution in [3.63, 3.8) is 0 Å². The number of para-hydroxylation sites is 1. The molecule has 0 radical (unpaired) electrons. The van der Waals surface area contributed by atoms with E-state index in [1.165, 1.54) is 6.92 Å². The number of esters is 1. The average Bonchev–Trinajstić information content (AvgIpc) is 2.44. The van der Waals surface area contributed by atoms with Crippen molar-refractivity contribution >= 4 is 5.97 Å². The highest BCUT2D eigenvalue weighted by atomic mass is 16.6. The van der Waals surface area contributed by atoms with Crippen LogP contribution in [0.4, 0.5) is 0 Å². The molecule has 0 aliphatic carbocycles. The van der Waals surface area contributed by atoms with Crippen molar-refractivity contribution in [3.05, 3.63) is 29.8 Å². The molecule has 2 rings (SSSR count). The molecule has 1 heterocycles. The average molecular weight is 297 g/mol. The van der Waals surface area contributed by atoms with E-state index in [9.17, 15) is 15.0 Å². The quantitative estimate of drug-likeness (QED) is 0.509. The topological polar surface area (TPSA) is 111 Å². The molecule has 0 spiro atoms. The Morgan fingerprint density at radius 3 is 2.86 bits per heavy atom. The van der Waals surface area contributed by atoms with E-state index in [0.29, 0.717) is 11.3 Å². The summed E-state index contributed by atoms with van der Waals surface area (Å²) in [4.78, 5) is 11.0. The van der Waals surface area contributed by atoms with E-state index in [1.54, 1.807) is 24.3 Å². The van der Waals surface area contributed by atoms with Crippen molar-refractivity contribution in [3.8, 4) is 5.75 Å². The summed E-state index contributed by atoms with van der Waals surface area (Å²) >= 11 is 0. The Bertz CT molecular complexity index is 494. The van der Waals surface area contributed by atoms with Crippen LogP contribution < -0.4 is 10.5 Å². The lowest BCUT2D eigenvalue weighted by molar-refractivity contribution is -0.205. The van der Waals surface area contributed by atoms with Crippen molar-refractivity contribution in [2.75, 3.05) is 6.61 Å². The highest BCUT2D eigenvalue weighted by Gasteiger charge is 2.37. The molecule has 1 aliphatic rings. The van der Waals surface area contributed by atoms with Crippen LogP contribution in [0.15, 0.2) is 24.3 Å². The Morgan fingerprint density at radius 1 is 1.43 bits per heavy atom. The zero-order valence-corrected chi connectivity index (χ0v) is 11.6. The fraction of sp³-hybridized carbons (Fsp3) is 0.500. The fourth-order valence-corrected chi connectivity index (χ4v) is 2.07. The minimum Gasteiger partial charge on any atom is -0.426 e. The Kier molecular flexibility index (Phi) is 5.27. The molecular weight excluding hydrogens is 278 g/mol. The van der Waals surface area contributed by atoms with E-state index in [4.69, 9.17) is 19.9 Å². The first-order chi connectivity index (χ1) is 9.99. The van der Waals surface area contributed by atoms with Gasteiger partial charge in [-0.05, 0) is 6.07 Å². The van der Waals surface area contributed by atoms with Crippen LogP contribution in [0.25, 0.3) is 0 Å². The van der Waals surface area contributed by atoms with Gasteiger partial charge < -0.3 is 30.2 Å². The summed E-state index contributed by atoms with van der Waals surface area (Å²) in [5, 5.41) is 19.4. The van der Waals surface area contributed by atoms with Crippen molar-refractivity contribution < 1.29 is 29.2 Å². The Morgan fingerprint density at radius 2 is 2.14 bits per heavy atom. The zero-order valence-electron chi connectivity index (χ0n) is 11.6. The van der Waals surface area contributed by atoms with Gasteiger partial charge in [0.1, 0.15) is 30.3 Å². The zero-order chi connectivity index (χ0) is 15.4. The number of hydrogen-bond donors (Lipinski definition) is 3. The summed E-state index contributed by atoms with van der Waals surface area (Å²) in [6.45, 7) is 1.34. The number of ether oxygens (including phenoxy) is 3. The van der Waals surface area contributed by atoms with Gasteiger partial charge in [-0.3, -0.25) is 4.79 Å². The minimum atomic E-state index is -1.13. The summed E-state index contributed by atoms with van der Waals surface area (Å²) in [7, 11) is 0. The molecule has 0 bridgehead atoms. The maximum absolute atomic E-state index is 11.0. The van der Waals surface area contributed by atoms with Gasteiger partial charge in [-0.15, -0.1) is 0 Å². The van der Waals surface area contributed by atoms with E-state index >= 15 is 0 Å². The minimum absolute atomic E-state index is 0.0355. The molecule has 1 unspecified atom stereocenters. The fourth-order valence-electron chi connectivity index (χ4n) is 2.07. The van der Waals surface area contributed by atoms with Gasteiger partial charge in [0, 0.05) is 12.5 Å². The van der Waals surface area contributed by atoms with Crippen molar-refractivity contribution in [2.24, 2.45) is 5.73 Å². The number of nitrogens with two attached hydrogens (primary N) is 1. The second kappa shape index (κ2) is 6.97. The van der Waals surface area contributed by atoms with Crippen LogP contribution in [0.2, 0.25) is 0 Å². The maximum Gasteiger partial charge on any atom is 0.308 e. The second-order valence-electron chi connectivity index (χ2n) is 4.83. The predicted molar refractivity (Wildman–Crippen MR) is 72.3 cm³/mol. The number of aliphatic hydroxyl groups is 2. The third-order valence-electron chi connectivity index (χ3n) is 3.17. The number of carbonyl (C=O) groups is 1. The first kappa shape index (κ1) is 15.9. The van der Waals surface area contributed by atoms with Gasteiger partial charge in [0.25, 0.3) is 0 Å². The molecule has 0 aromatic heterocycles. The van der Waals surface area contributed by atoms with Gasteiger partial charge in [0.05, 0.1) is 13.2 Å². The summed E-state index contributed by atoms with van der Waals surface area (Å²) in [5.41, 5.74) is 6.34. The van der Waals surface area contributed by atoms with Crippen LogP contribution in [0.1, 0.15) is 12.5 Å². The molecule has 4 atom stereocenters. The van der Waals surface area contributed by atoms with Crippen LogP contribution in [0, 0.1) is 0 Å². The van der Waals surface area contributed by atoms with Crippen LogP contribution in [0.5, 0.6) is 5.75 Å². The van der Waals surface area contributed by atoms with Gasteiger partial charge in [0.2, 0.25) is 0 Å². The number of hydrogen-bond acceptors (Lipinski definition) is 7. The molecule has 4 N–H and O–H groups in total. The predicted octanol–water partition coefficient (Wildman–Crippen LogP) is -0.466. The van der Waals surface area contributed by atoms with E-state index in [0.717, 1.165) is 0 Å². The molecule has 0 saturated carbocycles. The second-order valence-corrected chi connectivity index (χ2v) is 4.83. The number of rotatable bonds is 4. The molecular formula is C14H19NO6. The summed E-state index contributed by atoms with van der Waals surface area (Å²) in [5.74, 6) is -0.0547. The first-order valence-electron chi connectivity index (χ1n) is 6.60. The van der Waals surface area contributed by atoms with Gasteiger partial charge in [-0.25, -0.2) is 0 Å². The monoisotopic (exact) mass is 297 g/mol. The Balaban J connectivity index is 2.03. The largest absolute Gasteiger partial charge is 0.426 e. The number of aliphatic hydroxyl groups excluding tert-OH is 2. The Labute approximate surface area is 122 Å². The van der Waals surface area contributed by atoms with Crippen molar-refractivity contribution in [1.82, 2.24) is 0 Å². The molecule has 21 heavy (non-hydrogen) atoms. The lowest BCUT2D eigenvalue weighted by Gasteiger charge is -2.36. The van der Waals surface area contributed by atoms with E-state index < -0.39 is 30.5 Å². The smallest absolute Gasteiger partial charge is 0.308 e. The maximum atomic E-state index is 11.0. The van der Waals surface area contributed by atoms with Crippen molar-refractivity contribution in [1.29, 1.82) is 0 Å². The van der Waals surface area contributed by atoms with E-state index in [-0.39, 0.29) is 13.2 Å². The SMILES string of the molecule is CC(=O)Oc1ccccc1CO[C@H]1C(N)OC[C@@H](O)[C@@H]1O. The summed E-state index contributed by atoms with van der Waals surface area (Å²) in [6.07, 6.45) is -3.86. The van der Waals surface area contributed by atoms with Crippen LogP contribution in [-0.4, -0.2) is 47.3 Å². The standard InChI is InChI=1S/C14H19NO6/c1-8(16)21-11-5-3-2-4-9(11)6-19-13-12(18)10(17)7-20-14(13)15/h2-5,10,12-14,17-18H,6-7,15H2,1H3/t10-,12+,13-,14?/m1/s1. The van der Waals surface area contributed by atoms with Gasteiger partial charge in [-0.1, -0.05) is 18.2 Å². The third kappa shape index (κ3) is 3.99. The molecule has 116 valence electrons. The molecule has 7 heteroatoms. The molecule has 1 aromatic carbocycles. The van der Waals surface area contributed by atoms with Gasteiger partial charge >= 0.3 is 5.97 Å². The van der Waals surface area contributed by atoms with E-state index in [1.807, 2.05) is 0 Å². The number of benzene rings is 1. The van der Waals surface area contributed by atoms with Crippen LogP contribution in [0.3, 0.4) is 0 Å². The molecule has 1 saturated heterocycles. The van der Waals surface area contributed by atoms with Gasteiger partial charge in [0.15, 0.2) is 0 Å². The van der Waals surface area contributed by atoms with Crippen molar-refractivity contribution in [2.45, 2.75) is 38.1 Å². The number of carbonyl (C=O) groups excluding carboxylic acids is 1. The van der Waals surface area contributed by atoms with Gasteiger partial charge in [-0.2, -0.15) is 0 Å². The molecule has 1 fully saturated rings. The molecule has 1 aromatic rings. The third-order valence-corrected chi connectivity index (χ3v) is 3.17. The normalized spacial score (nSPS) is 29.1. The molecule has 0 amide bonds. The summed E-state index contributed by atoms with van der Waals surface area (Å²) in [6, 6.07) is 6.88. The van der Waals surface area contributed by atoms with Crippen LogP contribution >= 0.6 is 0 Å². The van der Waals surface area contributed by atoms with E-state index in [2.05, 4.69) is 0 Å². The highest BCUT2D eigenvalue weighted by Crippen LogP contribution is 2.22. The lowest BCUT2D eigenvalue weighted by Crippen LogP contribution is -2.57. The lowest BCUT2D eigenvalue weighted by atomic mass is 10.0. The highest BCUT2D eigenvalue weighted by molar-refractivity contribution is 5.69. The van der Waals surface area contributed by atoms with Crippen LogP contribution in [-0.2, 0) is 20.9 Å². The summed E-state index contributed by atoms with van der Waals surface area (Å²) < 4.78 is 15.7. The Hall–Kier alpha value is -1.51. The first-order valence-corrected chi connectivity index (χ1v) is 6.60.